The monoisotopic (exact) mass is 655 g/mol. The Balaban J connectivity index is 1.81. The molecule has 0 unspecified atom stereocenters. The third-order valence-electron chi connectivity index (χ3n) is 7.49. The second kappa shape index (κ2) is 17.7. The fourth-order valence-electron chi connectivity index (χ4n) is 4.90. The minimum atomic E-state index is -1.41. The smallest absolute Gasteiger partial charge is 0.255 e. The van der Waals surface area contributed by atoms with Crippen molar-refractivity contribution in [3.63, 3.8) is 0 Å². The molecule has 2 aromatic rings. The first-order chi connectivity index (χ1) is 22.5. The summed E-state index contributed by atoms with van der Waals surface area (Å²) in [4.78, 5) is 65.9. The predicted molar refractivity (Wildman–Crippen MR) is 172 cm³/mol. The van der Waals surface area contributed by atoms with Crippen LogP contribution in [0, 0.1) is 5.92 Å². The van der Waals surface area contributed by atoms with Crippen molar-refractivity contribution < 1.29 is 43.3 Å². The van der Waals surface area contributed by atoms with Crippen LogP contribution in [-0.2, 0) is 25.6 Å². The lowest BCUT2D eigenvalue weighted by molar-refractivity contribution is -0.134. The van der Waals surface area contributed by atoms with Crippen molar-refractivity contribution in [1.29, 1.82) is 0 Å². The van der Waals surface area contributed by atoms with Crippen molar-refractivity contribution >= 4 is 29.5 Å². The Bertz CT molecular complexity index is 1420. The van der Waals surface area contributed by atoms with Gasteiger partial charge in [0.25, 0.3) is 5.91 Å². The van der Waals surface area contributed by atoms with E-state index >= 15 is 0 Å². The van der Waals surface area contributed by atoms with Crippen molar-refractivity contribution in [3.05, 3.63) is 53.6 Å². The number of aliphatic hydroxyl groups is 1. The number of benzene rings is 2. The lowest BCUT2D eigenvalue weighted by Crippen LogP contribution is -2.58. The number of rotatable bonds is 9. The number of ether oxygens (including phenoxy) is 3. The number of aryl methyl sites for hydroxylation is 1. The molecule has 3 rings (SSSR count). The molecule has 1 heterocycles. The van der Waals surface area contributed by atoms with E-state index in [-0.39, 0.29) is 30.4 Å². The summed E-state index contributed by atoms with van der Waals surface area (Å²) < 4.78 is 16.5. The first-order valence-electron chi connectivity index (χ1n) is 15.5. The summed E-state index contributed by atoms with van der Waals surface area (Å²) >= 11 is 0. The Morgan fingerprint density at radius 3 is 2.38 bits per heavy atom. The van der Waals surface area contributed by atoms with E-state index in [0.29, 0.717) is 24.3 Å². The fourth-order valence-corrected chi connectivity index (χ4v) is 4.90. The molecule has 0 aliphatic carbocycles. The van der Waals surface area contributed by atoms with Crippen LogP contribution in [0.2, 0.25) is 0 Å². The molecule has 14 heteroatoms. The molecule has 2 aromatic carbocycles. The van der Waals surface area contributed by atoms with Crippen molar-refractivity contribution in [3.8, 4) is 17.2 Å². The summed E-state index contributed by atoms with van der Waals surface area (Å²) in [6.07, 6.45) is 0.605. The molecule has 0 fully saturated rings. The van der Waals surface area contributed by atoms with Gasteiger partial charge in [0.05, 0.1) is 38.9 Å². The van der Waals surface area contributed by atoms with E-state index in [9.17, 15) is 29.1 Å². The minimum Gasteiger partial charge on any atom is -0.493 e. The Labute approximate surface area is 274 Å². The summed E-state index contributed by atoms with van der Waals surface area (Å²) in [5.74, 6) is -2.27. The summed E-state index contributed by atoms with van der Waals surface area (Å²) in [6.45, 7) is 4.66. The quantitative estimate of drug-likeness (QED) is 0.208. The molecule has 1 aliphatic rings. The number of methoxy groups -OCH3 is 2. The van der Waals surface area contributed by atoms with Crippen molar-refractivity contribution in [1.82, 2.24) is 26.6 Å². The van der Waals surface area contributed by atoms with Gasteiger partial charge >= 0.3 is 0 Å². The minimum absolute atomic E-state index is 0.00190. The van der Waals surface area contributed by atoms with Crippen molar-refractivity contribution in [2.75, 3.05) is 34.0 Å². The highest BCUT2D eigenvalue weighted by Crippen LogP contribution is 2.28. The zero-order chi connectivity index (χ0) is 34.5. The van der Waals surface area contributed by atoms with E-state index in [4.69, 9.17) is 14.2 Å². The van der Waals surface area contributed by atoms with Gasteiger partial charge in [-0.1, -0.05) is 32.0 Å². The molecule has 0 spiro atoms. The number of para-hydroxylation sites is 1. The molecule has 256 valence electrons. The number of fused-ring (bicyclic) bond motifs is 1. The van der Waals surface area contributed by atoms with Gasteiger partial charge in [-0.05, 0) is 55.5 Å². The second-order valence-electron chi connectivity index (χ2n) is 11.6. The van der Waals surface area contributed by atoms with Crippen LogP contribution in [0.5, 0.6) is 17.2 Å². The molecule has 5 amide bonds. The van der Waals surface area contributed by atoms with Crippen molar-refractivity contribution in [2.24, 2.45) is 5.92 Å². The average Bonchev–Trinajstić information content (AvgIpc) is 3.05. The zero-order valence-electron chi connectivity index (χ0n) is 27.4. The van der Waals surface area contributed by atoms with Crippen LogP contribution >= 0.6 is 0 Å². The van der Waals surface area contributed by atoms with E-state index in [1.54, 1.807) is 59.3 Å². The topological polar surface area (TPSA) is 193 Å². The molecule has 0 saturated heterocycles. The van der Waals surface area contributed by atoms with E-state index in [2.05, 4.69) is 26.6 Å². The van der Waals surface area contributed by atoms with Gasteiger partial charge in [0, 0.05) is 6.54 Å². The molecule has 6 N–H and O–H groups in total. The van der Waals surface area contributed by atoms with Gasteiger partial charge in [-0.15, -0.1) is 0 Å². The van der Waals surface area contributed by atoms with Gasteiger partial charge < -0.3 is 45.9 Å². The van der Waals surface area contributed by atoms with Crippen LogP contribution < -0.4 is 40.8 Å². The highest BCUT2D eigenvalue weighted by Gasteiger charge is 2.31. The van der Waals surface area contributed by atoms with Gasteiger partial charge in [0.2, 0.25) is 23.6 Å². The van der Waals surface area contributed by atoms with Crippen LogP contribution in [0.3, 0.4) is 0 Å². The molecule has 0 radical (unpaired) electrons. The van der Waals surface area contributed by atoms with E-state index in [0.717, 1.165) is 5.56 Å². The highest BCUT2D eigenvalue weighted by atomic mass is 16.5. The van der Waals surface area contributed by atoms with Crippen LogP contribution in [0.1, 0.15) is 49.5 Å². The van der Waals surface area contributed by atoms with E-state index in [1.807, 2.05) is 12.1 Å². The van der Waals surface area contributed by atoms with Crippen LogP contribution in [0.25, 0.3) is 0 Å². The second-order valence-corrected chi connectivity index (χ2v) is 11.6. The summed E-state index contributed by atoms with van der Waals surface area (Å²) in [5, 5.41) is 23.1. The number of carbonyl (C=O) groups excluding carboxylic acids is 5. The molecule has 1 aliphatic heterocycles. The molecular formula is C33H45N5O9. The summed E-state index contributed by atoms with van der Waals surface area (Å²) in [5.41, 5.74) is 1.08. The van der Waals surface area contributed by atoms with Gasteiger partial charge in [-0.25, -0.2) is 0 Å². The molecule has 47 heavy (non-hydrogen) atoms. The molecule has 4 atom stereocenters. The number of aliphatic hydroxyl groups excluding tert-OH is 1. The van der Waals surface area contributed by atoms with Gasteiger partial charge in [-0.3, -0.25) is 24.0 Å². The van der Waals surface area contributed by atoms with Gasteiger partial charge in [0.1, 0.15) is 30.5 Å². The maximum Gasteiger partial charge on any atom is 0.255 e. The van der Waals surface area contributed by atoms with Crippen LogP contribution in [0.4, 0.5) is 0 Å². The Kier molecular flexibility index (Phi) is 13.8. The van der Waals surface area contributed by atoms with Gasteiger partial charge in [0.15, 0.2) is 11.5 Å². The first kappa shape index (κ1) is 36.6. The first-order valence-corrected chi connectivity index (χ1v) is 15.5. The van der Waals surface area contributed by atoms with Crippen LogP contribution in [0.15, 0.2) is 42.5 Å². The summed E-state index contributed by atoms with van der Waals surface area (Å²) in [6, 6.07) is 7.69. The predicted octanol–water partition coefficient (Wildman–Crippen LogP) is 0.456. The Hall–Kier alpha value is -4.85. The Morgan fingerprint density at radius 2 is 1.70 bits per heavy atom. The molecule has 0 bridgehead atoms. The number of hydrogen-bond acceptors (Lipinski definition) is 9. The summed E-state index contributed by atoms with van der Waals surface area (Å²) in [7, 11) is 3.09. The lowest BCUT2D eigenvalue weighted by atomic mass is 10.0. The average molecular weight is 656 g/mol. The lowest BCUT2D eigenvalue weighted by Gasteiger charge is -2.26. The number of amides is 5. The third kappa shape index (κ3) is 10.6. The van der Waals surface area contributed by atoms with Crippen LogP contribution in [-0.4, -0.2) is 92.8 Å². The third-order valence-corrected chi connectivity index (χ3v) is 7.49. The maximum absolute atomic E-state index is 13.4. The maximum atomic E-state index is 13.4. The number of hydrogen-bond donors (Lipinski definition) is 6. The standard InChI is InChI=1S/C33H45N5O9/c1-19(2)29-33(44)35-20(3)18-47-25-11-7-6-10-22(25)30(41)37-23(16-28(40)36-24(17-39)32(43)38-29)31(42)34-14-8-9-21-12-13-26(45-4)27(15-21)46-5/h6-7,10-13,15,19-20,23-24,29,39H,8-9,14,16-18H2,1-5H3,(H,34,42)(H,35,44)(H,36,40)(H,37,41)(H,38,43)/t20-,23-,24-,29+/m0/s1. The van der Waals surface area contributed by atoms with E-state index < -0.39 is 66.7 Å². The molecule has 14 nitrogen and oxygen atoms in total. The van der Waals surface area contributed by atoms with Crippen molar-refractivity contribution in [2.45, 2.75) is 64.2 Å². The highest BCUT2D eigenvalue weighted by molar-refractivity contribution is 6.01. The number of carbonyl (C=O) groups is 5. The largest absolute Gasteiger partial charge is 0.493 e. The SMILES string of the molecule is COc1ccc(CCCNC(=O)[C@@H]2CC(=O)N[C@@H](CO)C(=O)N[C@H](C(C)C)C(=O)N[C@@H](C)COc3ccccc3C(=O)N2)cc1OC. The van der Waals surface area contributed by atoms with Gasteiger partial charge in [-0.2, -0.15) is 0 Å². The van der Waals surface area contributed by atoms with E-state index in [1.165, 1.54) is 6.07 Å². The molecule has 0 aromatic heterocycles. The normalized spacial score (nSPS) is 21.2. The number of nitrogens with one attached hydrogen (secondary N) is 5. The fraction of sp³-hybridized carbons (Fsp3) is 0.485. The molecular weight excluding hydrogens is 610 g/mol. The zero-order valence-corrected chi connectivity index (χ0v) is 27.4. The molecule has 0 saturated carbocycles. The Morgan fingerprint density at radius 1 is 0.979 bits per heavy atom.